The number of carbonyl (C=O) groups is 3. The first-order valence-electron chi connectivity index (χ1n) is 28.5. The Balaban J connectivity index is 0.000000143. The molecule has 18 nitrogen and oxygen atoms in total. The number of benzene rings is 6. The summed E-state index contributed by atoms with van der Waals surface area (Å²) in [4.78, 5) is 54.5. The van der Waals surface area contributed by atoms with Crippen molar-refractivity contribution in [3.05, 3.63) is 263 Å². The van der Waals surface area contributed by atoms with E-state index >= 15 is 0 Å². The number of hydrogen-bond acceptors (Lipinski definition) is 15. The first-order chi connectivity index (χ1) is 44.7. The van der Waals surface area contributed by atoms with Gasteiger partial charge in [0.05, 0.1) is 77.2 Å². The number of methoxy groups -OCH3 is 1. The van der Waals surface area contributed by atoms with E-state index < -0.39 is 12.0 Å². The van der Waals surface area contributed by atoms with Crippen LogP contribution in [-0.4, -0.2) is 45.1 Å². The Morgan fingerprint density at radius 3 is 1.29 bits per heavy atom. The highest BCUT2D eigenvalue weighted by molar-refractivity contribution is 7.11. The average molecular weight is 1270 g/mol. The Labute approximate surface area is 540 Å². The van der Waals surface area contributed by atoms with Crippen molar-refractivity contribution in [1.82, 2.24) is 51.8 Å². The molecule has 4 aromatic heterocycles. The molecule has 0 radical (unpaired) electrons. The van der Waals surface area contributed by atoms with Crippen molar-refractivity contribution in [3.63, 3.8) is 0 Å². The number of hydrogen-bond donors (Lipinski definition) is 6. The number of halogens is 1. The van der Waals surface area contributed by atoms with E-state index in [0.717, 1.165) is 105 Å². The molecule has 10 aromatic rings. The number of aromatic nitrogens is 4. The van der Waals surface area contributed by atoms with Crippen LogP contribution in [0.25, 0.3) is 50.5 Å². The summed E-state index contributed by atoms with van der Waals surface area (Å²) in [6.07, 6.45) is 1.41. The number of pyridine rings is 1. The van der Waals surface area contributed by atoms with Crippen LogP contribution in [0.3, 0.4) is 0 Å². The fourth-order valence-corrected chi connectivity index (χ4v) is 13.2. The van der Waals surface area contributed by atoms with E-state index in [9.17, 15) is 18.8 Å². The largest absolute Gasteiger partial charge is 0.497 e. The minimum atomic E-state index is -0.580. The topological polar surface area (TPSA) is 265 Å². The second-order valence-electron chi connectivity index (χ2n) is 20.9. The predicted molar refractivity (Wildman–Crippen MR) is 352 cm³/mol. The van der Waals surface area contributed by atoms with Gasteiger partial charge in [-0.15, -0.1) is 34.0 Å². The van der Waals surface area contributed by atoms with Crippen molar-refractivity contribution in [2.45, 2.75) is 45.5 Å². The number of rotatable bonds is 13. The van der Waals surface area contributed by atoms with Crippen molar-refractivity contribution in [1.29, 1.82) is 15.8 Å². The van der Waals surface area contributed by atoms with Gasteiger partial charge >= 0.3 is 18.1 Å². The van der Waals surface area contributed by atoms with Gasteiger partial charge in [-0.05, 0) is 110 Å². The fourth-order valence-electron chi connectivity index (χ4n) is 10.3. The number of amides is 6. The zero-order valence-corrected chi connectivity index (χ0v) is 52.1. The highest BCUT2D eigenvalue weighted by atomic mass is 32.1. The van der Waals surface area contributed by atoms with Crippen molar-refractivity contribution in [2.24, 2.45) is 0 Å². The van der Waals surface area contributed by atoms with Crippen LogP contribution in [0.1, 0.15) is 92.9 Å². The number of nitrogens with one attached hydrogen (secondary N) is 6. The van der Waals surface area contributed by atoms with Gasteiger partial charge in [0, 0.05) is 72.8 Å². The third kappa shape index (κ3) is 14.4. The molecule has 92 heavy (non-hydrogen) atoms. The number of allylic oxidation sites excluding steroid dienone is 3. The summed E-state index contributed by atoms with van der Waals surface area (Å²) in [5.74, 6) is 0.908. The van der Waals surface area contributed by atoms with Crippen molar-refractivity contribution >= 4 is 68.8 Å². The van der Waals surface area contributed by atoms with Gasteiger partial charge < -0.3 is 41.4 Å². The molecule has 3 aliphatic rings. The molecule has 3 aliphatic heterocycles. The zero-order chi connectivity index (χ0) is 64.3. The predicted octanol–water partition coefficient (Wildman–Crippen LogP) is 14.5. The average Bonchev–Trinajstić information content (AvgIpc) is 1.47. The van der Waals surface area contributed by atoms with Gasteiger partial charge in [0.25, 0.3) is 0 Å². The Bertz CT molecular complexity index is 4600. The molecule has 6 aromatic carbocycles. The Morgan fingerprint density at radius 1 is 0.478 bits per heavy atom. The molecule has 6 N–H and O–H groups in total. The monoisotopic (exact) mass is 1270 g/mol. The number of urea groups is 3. The SMILES string of the molecule is CC1=C(c2nc(-c3ccc(C#N)cc3)cs2)C(c2ccc(F)nc2)NC(=O)N1.CC1=C(c2nc(-c3ccc(C#N)cc3)cs2)C(c2ccc(OCc3ccccc3)cc2)NC(=O)N1.COc1cccc(C2NC(=O)NC(C)=C2c2nc(-c3ccc(C#N)cc3)cs2)c1. The fraction of sp³-hybridized carbons (Fsp3) is 0.114. The van der Waals surface area contributed by atoms with E-state index in [1.165, 1.54) is 46.3 Å². The molecule has 13 rings (SSSR count). The van der Waals surface area contributed by atoms with Gasteiger partial charge in [0.15, 0.2) is 0 Å². The normalized spacial score (nSPS) is 15.8. The highest BCUT2D eigenvalue weighted by Crippen LogP contribution is 2.41. The molecule has 7 heterocycles. The van der Waals surface area contributed by atoms with Crippen LogP contribution in [0.2, 0.25) is 0 Å². The van der Waals surface area contributed by atoms with Gasteiger partial charge in [0.1, 0.15) is 33.1 Å². The van der Waals surface area contributed by atoms with E-state index in [1.807, 2.05) is 145 Å². The van der Waals surface area contributed by atoms with Crippen LogP contribution in [-0.2, 0) is 6.61 Å². The maximum absolute atomic E-state index is 13.2. The van der Waals surface area contributed by atoms with Crippen molar-refractivity contribution in [2.75, 3.05) is 7.11 Å². The molecule has 0 spiro atoms. The molecule has 0 fully saturated rings. The van der Waals surface area contributed by atoms with E-state index in [4.69, 9.17) is 40.2 Å². The maximum Gasteiger partial charge on any atom is 0.319 e. The third-order valence-corrected chi connectivity index (χ3v) is 17.5. The standard InChI is InChI=1S/C28H22N4O2S.C22H18N4O2S.C20H14FN5OS/c1-18-25(27-31-24(17-35-27)21-9-7-19(15-29)8-10-21)26(32-28(33)30-18)22-11-13-23(14-12-22)34-16-20-5-3-2-4-6-20;1-13-19(20(26-22(27)24-13)16-4-3-5-17(10-16)28-2)21-25-18(12-29-21)15-8-6-14(11-23)7-9-15;1-11-17(18(26-20(27)24-11)14-6-7-16(21)23-9-14)19-25-15(10-28-19)13-4-2-12(8-22)3-5-13/h2-14,17,26H,16H2,1H3,(H2,30,32,33);3-10,12,20H,1-2H3,(H2,24,26,27);2-7,9-10,18H,1H3,(H2,24,26,27). The molecular weight excluding hydrogens is 1220 g/mol. The highest BCUT2D eigenvalue weighted by Gasteiger charge is 2.33. The van der Waals surface area contributed by atoms with Gasteiger partial charge in [-0.3, -0.25) is 0 Å². The lowest BCUT2D eigenvalue weighted by molar-refractivity contribution is 0.239. The molecule has 0 aliphatic carbocycles. The number of carbonyl (C=O) groups excluding carboxylic acids is 3. The second kappa shape index (κ2) is 28.3. The minimum absolute atomic E-state index is 0.246. The van der Waals surface area contributed by atoms with Gasteiger partial charge in [0.2, 0.25) is 5.95 Å². The lowest BCUT2D eigenvalue weighted by Crippen LogP contribution is -2.42. The lowest BCUT2D eigenvalue weighted by Gasteiger charge is -2.28. The summed E-state index contributed by atoms with van der Waals surface area (Å²) in [5.41, 5.74) is 15.5. The van der Waals surface area contributed by atoms with E-state index in [-0.39, 0.29) is 30.2 Å². The number of nitrogens with zero attached hydrogens (tertiary/aromatic N) is 7. The van der Waals surface area contributed by atoms with E-state index in [2.05, 4.69) is 55.1 Å². The quantitative estimate of drug-likeness (QED) is 0.0589. The smallest absolute Gasteiger partial charge is 0.319 e. The van der Waals surface area contributed by atoms with Crippen LogP contribution in [0.15, 0.2) is 203 Å². The summed E-state index contributed by atoms with van der Waals surface area (Å²) < 4.78 is 24.5. The van der Waals surface area contributed by atoms with Crippen molar-refractivity contribution < 1.29 is 28.2 Å². The summed E-state index contributed by atoms with van der Waals surface area (Å²) in [7, 11) is 1.62. The molecule has 0 saturated carbocycles. The summed E-state index contributed by atoms with van der Waals surface area (Å²) in [5, 5.41) is 52.6. The van der Waals surface area contributed by atoms with Crippen LogP contribution in [0.5, 0.6) is 11.5 Å². The Kier molecular flexibility index (Phi) is 19.0. The number of nitriles is 3. The zero-order valence-electron chi connectivity index (χ0n) is 49.6. The van der Waals surface area contributed by atoms with E-state index in [0.29, 0.717) is 34.6 Å². The lowest BCUT2D eigenvalue weighted by atomic mass is 9.96. The molecule has 454 valence electrons. The Hall–Kier alpha value is -11.6. The van der Waals surface area contributed by atoms with Crippen LogP contribution < -0.4 is 41.4 Å². The minimum Gasteiger partial charge on any atom is -0.497 e. The number of thiazole rings is 3. The van der Waals surface area contributed by atoms with Crippen molar-refractivity contribution in [3.8, 4) is 63.5 Å². The molecule has 3 atom stereocenters. The summed E-state index contributed by atoms with van der Waals surface area (Å²) >= 11 is 4.49. The second-order valence-corrected chi connectivity index (χ2v) is 23.5. The summed E-state index contributed by atoms with van der Waals surface area (Å²) in [6.45, 7) is 6.07. The molecule has 0 saturated heterocycles. The van der Waals surface area contributed by atoms with Crippen LogP contribution >= 0.6 is 34.0 Å². The van der Waals surface area contributed by atoms with Gasteiger partial charge in [-0.1, -0.05) is 97.1 Å². The maximum atomic E-state index is 13.2. The molecule has 22 heteroatoms. The third-order valence-electron chi connectivity index (χ3n) is 14.9. The van der Waals surface area contributed by atoms with Gasteiger partial charge in [-0.2, -0.15) is 20.2 Å². The van der Waals surface area contributed by atoms with Crippen LogP contribution in [0, 0.1) is 39.9 Å². The van der Waals surface area contributed by atoms with E-state index in [1.54, 1.807) is 56.5 Å². The molecular formula is C70H54FN13O5S3. The van der Waals surface area contributed by atoms with Gasteiger partial charge in [-0.25, -0.2) is 34.3 Å². The Morgan fingerprint density at radius 2 is 0.891 bits per heavy atom. The first-order valence-corrected chi connectivity index (χ1v) is 31.1. The number of ether oxygens (including phenoxy) is 2. The summed E-state index contributed by atoms with van der Waals surface area (Å²) in [6, 6.07) is 54.5. The van der Waals surface area contributed by atoms with Crippen LogP contribution in [0.4, 0.5) is 18.8 Å². The molecule has 0 bridgehead atoms. The molecule has 3 unspecified atom stereocenters. The first kappa shape index (κ1) is 62.0. The molecule has 6 amide bonds.